The van der Waals surface area contributed by atoms with Gasteiger partial charge < -0.3 is 9.84 Å². The van der Waals surface area contributed by atoms with Gasteiger partial charge in [-0.3, -0.25) is 4.79 Å². The lowest BCUT2D eigenvalue weighted by Gasteiger charge is -2.06. The van der Waals surface area contributed by atoms with E-state index in [1.807, 2.05) is 6.92 Å². The molecule has 0 atom stereocenters. The molecule has 0 radical (unpaired) electrons. The van der Waals surface area contributed by atoms with Crippen molar-refractivity contribution >= 4 is 12.1 Å². The average molecular weight is 334 g/mol. The number of hydrogen-bond acceptors (Lipinski definition) is 4. The van der Waals surface area contributed by atoms with E-state index < -0.39 is 0 Å². The number of amides is 1. The Morgan fingerprint density at radius 2 is 1.88 bits per heavy atom. The van der Waals surface area contributed by atoms with Crippen LogP contribution >= 0.6 is 0 Å². The fourth-order valence-corrected chi connectivity index (χ4v) is 2.36. The highest BCUT2D eigenvalue weighted by Crippen LogP contribution is 2.26. The van der Waals surface area contributed by atoms with Gasteiger partial charge in [-0.1, -0.05) is 45.4 Å². The van der Waals surface area contributed by atoms with E-state index in [2.05, 4.69) is 17.5 Å². The summed E-state index contributed by atoms with van der Waals surface area (Å²) in [5, 5.41) is 13.6. The molecule has 134 valence electrons. The van der Waals surface area contributed by atoms with Gasteiger partial charge in [0, 0.05) is 6.42 Å². The van der Waals surface area contributed by atoms with Crippen LogP contribution in [-0.2, 0) is 4.79 Å². The van der Waals surface area contributed by atoms with Gasteiger partial charge in [0.05, 0.1) is 12.8 Å². The highest BCUT2D eigenvalue weighted by Gasteiger charge is 2.03. The summed E-state index contributed by atoms with van der Waals surface area (Å²) in [5.74, 6) is 0.441. The highest BCUT2D eigenvalue weighted by atomic mass is 16.5. The van der Waals surface area contributed by atoms with Gasteiger partial charge in [0.1, 0.15) is 0 Å². The van der Waals surface area contributed by atoms with Crippen molar-refractivity contribution in [1.29, 1.82) is 0 Å². The first kappa shape index (κ1) is 20.0. The van der Waals surface area contributed by atoms with Crippen molar-refractivity contribution in [1.82, 2.24) is 5.43 Å². The summed E-state index contributed by atoms with van der Waals surface area (Å²) < 4.78 is 5.31. The molecule has 1 amide bonds. The Bertz CT molecular complexity index is 515. The molecule has 0 aromatic heterocycles. The molecule has 0 heterocycles. The second kappa shape index (κ2) is 12.4. The summed E-state index contributed by atoms with van der Waals surface area (Å²) in [5.41, 5.74) is 3.29. The van der Waals surface area contributed by atoms with Gasteiger partial charge in [0.15, 0.2) is 11.5 Å². The van der Waals surface area contributed by atoms with Crippen LogP contribution in [0.25, 0.3) is 0 Å². The molecule has 0 aliphatic heterocycles. The molecule has 0 aliphatic rings. The first-order valence-corrected chi connectivity index (χ1v) is 8.95. The number of phenols is 1. The molecule has 5 nitrogen and oxygen atoms in total. The molecule has 1 aromatic carbocycles. The second-order valence-electron chi connectivity index (χ2n) is 5.82. The molecule has 1 rings (SSSR count). The fraction of sp³-hybridized carbons (Fsp3) is 0.579. The Morgan fingerprint density at radius 3 is 2.58 bits per heavy atom. The Labute approximate surface area is 145 Å². The van der Waals surface area contributed by atoms with E-state index >= 15 is 0 Å². The maximum absolute atomic E-state index is 11.7. The van der Waals surface area contributed by atoms with Crippen LogP contribution in [-0.4, -0.2) is 23.8 Å². The number of hydrogen-bond donors (Lipinski definition) is 2. The molecule has 0 unspecified atom stereocenters. The average Bonchev–Trinajstić information content (AvgIpc) is 2.57. The minimum atomic E-state index is -0.0661. The fourth-order valence-electron chi connectivity index (χ4n) is 2.36. The van der Waals surface area contributed by atoms with E-state index in [0.29, 0.717) is 18.8 Å². The number of carbonyl (C=O) groups is 1. The van der Waals surface area contributed by atoms with E-state index in [1.54, 1.807) is 24.4 Å². The first-order valence-electron chi connectivity index (χ1n) is 8.95. The maximum Gasteiger partial charge on any atom is 0.240 e. The quantitative estimate of drug-likeness (QED) is 0.338. The lowest BCUT2D eigenvalue weighted by atomic mass is 10.1. The zero-order chi connectivity index (χ0) is 17.6. The zero-order valence-corrected chi connectivity index (χ0v) is 14.9. The summed E-state index contributed by atoms with van der Waals surface area (Å²) in [7, 11) is 0. The van der Waals surface area contributed by atoms with Gasteiger partial charge in [-0.05, 0) is 37.1 Å². The lowest BCUT2D eigenvalue weighted by Crippen LogP contribution is -2.16. The van der Waals surface area contributed by atoms with Gasteiger partial charge in [-0.15, -0.1) is 0 Å². The van der Waals surface area contributed by atoms with Crippen LogP contribution in [0.1, 0.15) is 70.8 Å². The minimum absolute atomic E-state index is 0.0661. The number of nitrogens with zero attached hydrogens (tertiary/aromatic N) is 1. The molecule has 2 N–H and O–H groups in total. The molecule has 1 aromatic rings. The van der Waals surface area contributed by atoms with Crippen molar-refractivity contribution in [3.8, 4) is 11.5 Å². The summed E-state index contributed by atoms with van der Waals surface area (Å²) >= 11 is 0. The molecule has 0 fully saturated rings. The van der Waals surface area contributed by atoms with Gasteiger partial charge in [-0.25, -0.2) is 5.43 Å². The first-order chi connectivity index (χ1) is 11.7. The van der Waals surface area contributed by atoms with Gasteiger partial charge in [0.25, 0.3) is 0 Å². The molecule has 5 heteroatoms. The van der Waals surface area contributed by atoms with Crippen molar-refractivity contribution in [2.75, 3.05) is 6.61 Å². The largest absolute Gasteiger partial charge is 0.504 e. The molecule has 24 heavy (non-hydrogen) atoms. The number of nitrogens with one attached hydrogen (secondary N) is 1. The van der Waals surface area contributed by atoms with Crippen LogP contribution in [0.2, 0.25) is 0 Å². The predicted molar refractivity (Wildman–Crippen MR) is 97.6 cm³/mol. The van der Waals surface area contributed by atoms with Crippen LogP contribution in [0.15, 0.2) is 23.3 Å². The summed E-state index contributed by atoms with van der Waals surface area (Å²) in [4.78, 5) is 11.7. The summed E-state index contributed by atoms with van der Waals surface area (Å²) in [6, 6.07) is 4.95. The highest BCUT2D eigenvalue weighted by molar-refractivity contribution is 5.83. The Balaban J connectivity index is 2.24. The third kappa shape index (κ3) is 8.56. The zero-order valence-electron chi connectivity index (χ0n) is 14.9. The maximum atomic E-state index is 11.7. The van der Waals surface area contributed by atoms with E-state index in [9.17, 15) is 9.90 Å². The van der Waals surface area contributed by atoms with Crippen molar-refractivity contribution < 1.29 is 14.6 Å². The predicted octanol–water partition coefficient (Wildman–Crippen LogP) is 4.38. The number of aromatic hydroxyl groups is 1. The van der Waals surface area contributed by atoms with Gasteiger partial charge in [0.2, 0.25) is 5.91 Å². The number of rotatable bonds is 12. The van der Waals surface area contributed by atoms with Crippen molar-refractivity contribution in [2.45, 2.75) is 65.2 Å². The van der Waals surface area contributed by atoms with Crippen molar-refractivity contribution in [3.63, 3.8) is 0 Å². The molecule has 0 bridgehead atoms. The standard InChI is InChI=1S/C19H30N2O3/c1-3-5-6-7-8-9-10-11-19(23)21-20-15-16-12-13-17(22)18(14-16)24-4-2/h12-15,22H,3-11H2,1-2H3,(H,21,23)/b20-15-. The smallest absolute Gasteiger partial charge is 0.240 e. The van der Waals surface area contributed by atoms with Crippen LogP contribution in [0.4, 0.5) is 0 Å². The third-order valence-electron chi connectivity index (χ3n) is 3.69. The number of benzene rings is 1. The number of ether oxygens (including phenoxy) is 1. The molecule has 0 aliphatic carbocycles. The van der Waals surface area contributed by atoms with Crippen LogP contribution in [0.3, 0.4) is 0 Å². The van der Waals surface area contributed by atoms with Crippen LogP contribution in [0.5, 0.6) is 11.5 Å². The van der Waals surface area contributed by atoms with E-state index in [1.165, 1.54) is 32.1 Å². The Hall–Kier alpha value is -2.04. The van der Waals surface area contributed by atoms with Crippen LogP contribution < -0.4 is 10.2 Å². The van der Waals surface area contributed by atoms with Gasteiger partial charge >= 0.3 is 0 Å². The van der Waals surface area contributed by atoms with Gasteiger partial charge in [-0.2, -0.15) is 5.10 Å². The topological polar surface area (TPSA) is 70.9 Å². The molecule has 0 spiro atoms. The molecular weight excluding hydrogens is 304 g/mol. The van der Waals surface area contributed by atoms with Crippen molar-refractivity contribution in [2.24, 2.45) is 5.10 Å². The monoisotopic (exact) mass is 334 g/mol. The molecule has 0 saturated carbocycles. The lowest BCUT2D eigenvalue weighted by molar-refractivity contribution is -0.121. The Kier molecular flexibility index (Phi) is 10.3. The number of unbranched alkanes of at least 4 members (excludes halogenated alkanes) is 6. The number of carbonyl (C=O) groups excluding carboxylic acids is 1. The van der Waals surface area contributed by atoms with E-state index in [0.717, 1.165) is 18.4 Å². The molecular formula is C19H30N2O3. The van der Waals surface area contributed by atoms with Crippen molar-refractivity contribution in [3.05, 3.63) is 23.8 Å². The second-order valence-corrected chi connectivity index (χ2v) is 5.82. The normalized spacial score (nSPS) is 10.9. The SMILES string of the molecule is CCCCCCCCCC(=O)N/N=C\c1ccc(O)c(OCC)c1. The minimum Gasteiger partial charge on any atom is -0.504 e. The van der Waals surface area contributed by atoms with E-state index in [-0.39, 0.29) is 11.7 Å². The number of hydrazone groups is 1. The number of phenolic OH excluding ortho intramolecular Hbond substituents is 1. The van der Waals surface area contributed by atoms with Crippen LogP contribution in [0, 0.1) is 0 Å². The summed E-state index contributed by atoms with van der Waals surface area (Å²) in [6.45, 7) is 4.54. The Morgan fingerprint density at radius 1 is 1.17 bits per heavy atom. The van der Waals surface area contributed by atoms with E-state index in [4.69, 9.17) is 4.74 Å². The summed E-state index contributed by atoms with van der Waals surface area (Å²) in [6.07, 6.45) is 10.4. The molecule has 0 saturated heterocycles. The third-order valence-corrected chi connectivity index (χ3v) is 3.69.